The summed E-state index contributed by atoms with van der Waals surface area (Å²) in [6, 6.07) is 7.37. The molecule has 2 bridgehead atoms. The lowest BCUT2D eigenvalue weighted by Gasteiger charge is -2.35. The van der Waals surface area contributed by atoms with Gasteiger partial charge < -0.3 is 15.4 Å². The molecule has 0 spiro atoms. The molecule has 6 aliphatic rings. The number of nitrogens with zero attached hydrogens (tertiary/aromatic N) is 5. The van der Waals surface area contributed by atoms with Gasteiger partial charge in [0.1, 0.15) is 5.82 Å². The molecule has 1 unspecified atom stereocenters. The topological polar surface area (TPSA) is 80.4 Å². The molecule has 29 heavy (non-hydrogen) atoms. The first-order valence-electron chi connectivity index (χ1n) is 10.9. The van der Waals surface area contributed by atoms with Crippen LogP contribution in [0.1, 0.15) is 24.5 Å². The second-order valence-electron chi connectivity index (χ2n) is 9.59. The van der Waals surface area contributed by atoms with Crippen molar-refractivity contribution < 1.29 is 4.74 Å². The van der Waals surface area contributed by atoms with Crippen LogP contribution in [0.4, 0.5) is 11.8 Å². The summed E-state index contributed by atoms with van der Waals surface area (Å²) in [4.78, 5) is 19.4. The molecule has 150 valence electrons. The summed E-state index contributed by atoms with van der Waals surface area (Å²) in [6.45, 7) is 5.31. The number of nitrogen functional groups attached to an aromatic ring is 1. The Morgan fingerprint density at radius 2 is 1.83 bits per heavy atom. The van der Waals surface area contributed by atoms with E-state index in [1.54, 1.807) is 0 Å². The molecule has 3 atom stereocenters. The standard InChI is InChI=1S/C22H26N6O/c23-20-2-1-13(6-24-20)18-5-19(26-22(25-18)28-7-12-3-14(28)4-12)21-16-8-27(9-17(16)21)15-10-29-11-15/h1-2,5-6,12,14-17,21H,3-4,7-11H2,(H2,23,24)/t12?,14?,16-,17+,21?. The first-order valence-corrected chi connectivity index (χ1v) is 10.9. The molecule has 0 amide bonds. The molecule has 4 aliphatic heterocycles. The van der Waals surface area contributed by atoms with E-state index in [0.29, 0.717) is 23.8 Å². The van der Waals surface area contributed by atoms with Crippen LogP contribution in [0.3, 0.4) is 0 Å². The Labute approximate surface area is 170 Å². The number of ether oxygens (including phenoxy) is 1. The van der Waals surface area contributed by atoms with Crippen molar-refractivity contribution in [3.63, 3.8) is 0 Å². The average molecular weight is 390 g/mol. The molecule has 2 aliphatic carbocycles. The van der Waals surface area contributed by atoms with E-state index in [0.717, 1.165) is 54.7 Å². The maximum Gasteiger partial charge on any atom is 0.226 e. The molecular weight excluding hydrogens is 364 g/mol. The van der Waals surface area contributed by atoms with Crippen LogP contribution in [0.2, 0.25) is 0 Å². The SMILES string of the molecule is Nc1ccc(-c2cc(C3[C@H]4CN(C5COC5)C[C@@H]34)nc(N3CC4CC3C4)n2)cn1. The predicted molar refractivity (Wildman–Crippen MR) is 109 cm³/mol. The Kier molecular flexibility index (Phi) is 3.36. The van der Waals surface area contributed by atoms with Crippen LogP contribution in [-0.4, -0.2) is 64.8 Å². The maximum absolute atomic E-state index is 5.80. The fraction of sp³-hybridized carbons (Fsp3) is 0.591. The third kappa shape index (κ3) is 2.53. The van der Waals surface area contributed by atoms with Gasteiger partial charge in [-0.25, -0.2) is 15.0 Å². The summed E-state index contributed by atoms with van der Waals surface area (Å²) in [5.41, 5.74) is 9.03. The molecule has 6 heterocycles. The maximum atomic E-state index is 5.80. The molecule has 0 aromatic carbocycles. The first kappa shape index (κ1) is 16.5. The van der Waals surface area contributed by atoms with Crippen LogP contribution in [0.15, 0.2) is 24.4 Å². The van der Waals surface area contributed by atoms with Crippen LogP contribution >= 0.6 is 0 Å². The molecule has 2 N–H and O–H groups in total. The molecule has 2 aromatic heterocycles. The molecule has 8 rings (SSSR count). The van der Waals surface area contributed by atoms with Crippen molar-refractivity contribution in [1.29, 1.82) is 0 Å². The smallest absolute Gasteiger partial charge is 0.226 e. The zero-order chi connectivity index (χ0) is 19.1. The van der Waals surface area contributed by atoms with Crippen LogP contribution in [0.5, 0.6) is 0 Å². The van der Waals surface area contributed by atoms with Gasteiger partial charge in [0, 0.05) is 43.4 Å². The fourth-order valence-corrected chi connectivity index (χ4v) is 5.96. The van der Waals surface area contributed by atoms with Crippen molar-refractivity contribution in [3.05, 3.63) is 30.1 Å². The largest absolute Gasteiger partial charge is 0.384 e. The summed E-state index contributed by atoms with van der Waals surface area (Å²) in [6.07, 6.45) is 4.44. The highest BCUT2D eigenvalue weighted by molar-refractivity contribution is 5.62. The molecule has 2 saturated carbocycles. The van der Waals surface area contributed by atoms with Crippen molar-refractivity contribution in [2.24, 2.45) is 17.8 Å². The van der Waals surface area contributed by atoms with Gasteiger partial charge in [0.2, 0.25) is 5.95 Å². The van der Waals surface area contributed by atoms with Crippen molar-refractivity contribution in [1.82, 2.24) is 19.9 Å². The Morgan fingerprint density at radius 1 is 1.00 bits per heavy atom. The van der Waals surface area contributed by atoms with Gasteiger partial charge in [-0.2, -0.15) is 0 Å². The van der Waals surface area contributed by atoms with Gasteiger partial charge in [0.05, 0.1) is 30.6 Å². The highest BCUT2D eigenvalue weighted by Crippen LogP contribution is 2.58. The van der Waals surface area contributed by atoms with Crippen molar-refractivity contribution in [3.8, 4) is 11.3 Å². The zero-order valence-corrected chi connectivity index (χ0v) is 16.4. The average Bonchev–Trinajstić information content (AvgIpc) is 3.06. The van der Waals surface area contributed by atoms with Crippen LogP contribution < -0.4 is 10.6 Å². The third-order valence-electron chi connectivity index (χ3n) is 7.88. The number of rotatable bonds is 4. The number of piperidine rings is 1. The van der Waals surface area contributed by atoms with Gasteiger partial charge in [0.15, 0.2) is 0 Å². The first-order chi connectivity index (χ1) is 14.2. The molecule has 6 fully saturated rings. The lowest BCUT2D eigenvalue weighted by Crippen LogP contribution is -2.48. The van der Waals surface area contributed by atoms with Crippen LogP contribution in [0, 0.1) is 17.8 Å². The predicted octanol–water partition coefficient (Wildman–Crippen LogP) is 1.76. The lowest BCUT2D eigenvalue weighted by atomic mass is 9.86. The highest BCUT2D eigenvalue weighted by Gasteiger charge is 2.58. The molecule has 0 radical (unpaired) electrons. The minimum atomic E-state index is 0.542. The van der Waals surface area contributed by atoms with Crippen molar-refractivity contribution in [2.75, 3.05) is 43.5 Å². The summed E-state index contributed by atoms with van der Waals surface area (Å²) < 4.78 is 5.39. The Bertz CT molecular complexity index is 942. The Hall–Kier alpha value is -2.25. The number of hydrogen-bond acceptors (Lipinski definition) is 7. The molecule has 7 nitrogen and oxygen atoms in total. The van der Waals surface area contributed by atoms with Gasteiger partial charge in [-0.3, -0.25) is 4.90 Å². The van der Waals surface area contributed by atoms with E-state index in [9.17, 15) is 0 Å². The fourth-order valence-electron chi connectivity index (χ4n) is 5.96. The van der Waals surface area contributed by atoms with E-state index in [1.807, 2.05) is 18.3 Å². The molecule has 4 saturated heterocycles. The lowest BCUT2D eigenvalue weighted by molar-refractivity contribution is -0.0610. The van der Waals surface area contributed by atoms with Gasteiger partial charge in [-0.1, -0.05) is 0 Å². The van der Waals surface area contributed by atoms with Gasteiger partial charge in [0.25, 0.3) is 0 Å². The van der Waals surface area contributed by atoms with E-state index in [1.165, 1.54) is 31.6 Å². The van der Waals surface area contributed by atoms with Crippen molar-refractivity contribution >= 4 is 11.8 Å². The number of nitrogens with two attached hydrogens (primary N) is 1. The zero-order valence-electron chi connectivity index (χ0n) is 16.4. The quantitative estimate of drug-likeness (QED) is 0.852. The molecule has 2 aromatic rings. The second kappa shape index (κ2) is 5.89. The number of pyridine rings is 1. The van der Waals surface area contributed by atoms with E-state index < -0.39 is 0 Å². The minimum Gasteiger partial charge on any atom is -0.384 e. The molecular formula is C22H26N6O. The summed E-state index contributed by atoms with van der Waals surface area (Å²) in [5, 5.41) is 0. The van der Waals surface area contributed by atoms with Gasteiger partial charge in [-0.05, 0) is 48.8 Å². The van der Waals surface area contributed by atoms with Crippen LogP contribution in [0.25, 0.3) is 11.3 Å². The summed E-state index contributed by atoms with van der Waals surface area (Å²) in [5.74, 6) is 4.36. The second-order valence-corrected chi connectivity index (χ2v) is 9.59. The normalized spacial score (nSPS) is 35.3. The number of fused-ring (bicyclic) bond motifs is 2. The van der Waals surface area contributed by atoms with Gasteiger partial charge in [-0.15, -0.1) is 0 Å². The number of likely N-dealkylation sites (tertiary alicyclic amines) is 1. The van der Waals surface area contributed by atoms with Crippen molar-refractivity contribution in [2.45, 2.75) is 30.8 Å². The summed E-state index contributed by atoms with van der Waals surface area (Å²) >= 11 is 0. The minimum absolute atomic E-state index is 0.542. The highest BCUT2D eigenvalue weighted by atomic mass is 16.5. The Morgan fingerprint density at radius 3 is 2.45 bits per heavy atom. The Balaban J connectivity index is 1.21. The van der Waals surface area contributed by atoms with E-state index in [4.69, 9.17) is 20.4 Å². The van der Waals surface area contributed by atoms with E-state index in [-0.39, 0.29) is 0 Å². The number of hydrogen-bond donors (Lipinski definition) is 1. The number of aromatic nitrogens is 3. The summed E-state index contributed by atoms with van der Waals surface area (Å²) in [7, 11) is 0. The molecule has 7 heteroatoms. The number of anilines is 2. The van der Waals surface area contributed by atoms with Crippen LogP contribution in [-0.2, 0) is 4.74 Å². The third-order valence-corrected chi connectivity index (χ3v) is 7.88. The monoisotopic (exact) mass is 390 g/mol. The van der Waals surface area contributed by atoms with E-state index in [2.05, 4.69) is 20.9 Å². The van der Waals surface area contributed by atoms with E-state index >= 15 is 0 Å². The van der Waals surface area contributed by atoms with Gasteiger partial charge >= 0.3 is 0 Å².